The van der Waals surface area contributed by atoms with Gasteiger partial charge in [0, 0.05) is 18.1 Å². The lowest BCUT2D eigenvalue weighted by molar-refractivity contribution is 0.175. The average molecular weight is 282 g/mol. The molecule has 2 N–H and O–H groups in total. The molecule has 1 aromatic heterocycles. The lowest BCUT2D eigenvalue weighted by Gasteiger charge is -2.11. The number of aryl methyl sites for hydroxylation is 1. The number of nitrogens with one attached hydrogen (secondary N) is 1. The third-order valence-electron chi connectivity index (χ3n) is 2.79. The number of hydrogen-bond acceptors (Lipinski definition) is 3. The predicted molar refractivity (Wildman–Crippen MR) is 77.2 cm³/mol. The molecule has 2 rings (SSSR count). The molecule has 0 aliphatic carbocycles. The molecule has 0 saturated heterocycles. The van der Waals surface area contributed by atoms with Gasteiger partial charge in [-0.25, -0.2) is 0 Å². The normalized spacial score (nSPS) is 12.6. The average Bonchev–Trinajstić information content (AvgIpc) is 2.85. The fraction of sp³-hybridized carbons (Fsp3) is 0.286. The molecule has 0 aliphatic rings. The fourth-order valence-electron chi connectivity index (χ4n) is 1.72. The molecule has 0 bridgehead atoms. The molecule has 0 saturated carbocycles. The van der Waals surface area contributed by atoms with Gasteiger partial charge in [0.25, 0.3) is 0 Å². The number of hydrogen-bond donors (Lipinski definition) is 2. The largest absolute Gasteiger partial charge is 0.387 e. The van der Waals surface area contributed by atoms with E-state index in [0.29, 0.717) is 13.1 Å². The van der Waals surface area contributed by atoms with Crippen molar-refractivity contribution in [3.63, 3.8) is 0 Å². The summed E-state index contributed by atoms with van der Waals surface area (Å²) >= 11 is 7.74. The number of halogens is 1. The van der Waals surface area contributed by atoms with E-state index in [2.05, 4.69) is 5.32 Å². The van der Waals surface area contributed by atoms with Crippen LogP contribution in [0.3, 0.4) is 0 Å². The van der Waals surface area contributed by atoms with Gasteiger partial charge in [0.05, 0.1) is 6.10 Å². The van der Waals surface area contributed by atoms with E-state index in [1.807, 2.05) is 41.9 Å². The summed E-state index contributed by atoms with van der Waals surface area (Å²) in [5, 5.41) is 17.8. The highest BCUT2D eigenvalue weighted by molar-refractivity contribution is 7.07. The van der Waals surface area contributed by atoms with Crippen molar-refractivity contribution < 1.29 is 5.11 Å². The number of thiophene rings is 1. The van der Waals surface area contributed by atoms with E-state index in [-0.39, 0.29) is 0 Å². The van der Waals surface area contributed by atoms with Crippen LogP contribution in [0, 0.1) is 6.92 Å². The molecule has 0 radical (unpaired) electrons. The van der Waals surface area contributed by atoms with Crippen LogP contribution >= 0.6 is 22.9 Å². The maximum atomic E-state index is 9.91. The first-order valence-electron chi connectivity index (χ1n) is 5.82. The van der Waals surface area contributed by atoms with Crippen LogP contribution in [0.25, 0.3) is 0 Å². The fourth-order valence-corrected chi connectivity index (χ4v) is 2.73. The minimum Gasteiger partial charge on any atom is -0.387 e. The van der Waals surface area contributed by atoms with Gasteiger partial charge in [-0.05, 0) is 46.5 Å². The van der Waals surface area contributed by atoms with Crippen molar-refractivity contribution in [2.45, 2.75) is 19.6 Å². The molecular weight excluding hydrogens is 266 g/mol. The Hall–Kier alpha value is -0.870. The van der Waals surface area contributed by atoms with Crippen LogP contribution in [0.2, 0.25) is 5.02 Å². The molecule has 0 spiro atoms. The van der Waals surface area contributed by atoms with Gasteiger partial charge < -0.3 is 10.4 Å². The van der Waals surface area contributed by atoms with Crippen LogP contribution in [0.15, 0.2) is 35.0 Å². The second-order valence-corrected chi connectivity index (χ2v) is 5.49. The first-order chi connectivity index (χ1) is 8.66. The first kappa shape index (κ1) is 13.6. The summed E-state index contributed by atoms with van der Waals surface area (Å²) in [4.78, 5) is 0. The van der Waals surface area contributed by atoms with Crippen LogP contribution in [-0.4, -0.2) is 11.7 Å². The van der Waals surface area contributed by atoms with E-state index >= 15 is 0 Å². The van der Waals surface area contributed by atoms with Crippen molar-refractivity contribution in [1.82, 2.24) is 5.32 Å². The zero-order chi connectivity index (χ0) is 13.0. The van der Waals surface area contributed by atoms with E-state index in [9.17, 15) is 5.11 Å². The number of benzene rings is 1. The van der Waals surface area contributed by atoms with E-state index < -0.39 is 6.10 Å². The molecule has 18 heavy (non-hydrogen) atoms. The van der Waals surface area contributed by atoms with E-state index in [4.69, 9.17) is 11.6 Å². The molecule has 4 heteroatoms. The Labute approximate surface area is 116 Å². The molecule has 96 valence electrons. The molecule has 0 aliphatic heterocycles. The third-order valence-corrected chi connectivity index (χ3v) is 3.84. The lowest BCUT2D eigenvalue weighted by Crippen LogP contribution is -2.20. The van der Waals surface area contributed by atoms with Crippen LogP contribution < -0.4 is 5.32 Å². The van der Waals surface area contributed by atoms with E-state index in [0.717, 1.165) is 21.7 Å². The van der Waals surface area contributed by atoms with Gasteiger partial charge >= 0.3 is 0 Å². The van der Waals surface area contributed by atoms with Crippen molar-refractivity contribution >= 4 is 22.9 Å². The van der Waals surface area contributed by atoms with Crippen molar-refractivity contribution in [2.75, 3.05) is 6.54 Å². The molecule has 2 nitrogen and oxygen atoms in total. The highest BCUT2D eigenvalue weighted by Crippen LogP contribution is 2.18. The number of rotatable bonds is 5. The Balaban J connectivity index is 1.85. The lowest BCUT2D eigenvalue weighted by atomic mass is 10.1. The van der Waals surface area contributed by atoms with Crippen molar-refractivity contribution in [2.24, 2.45) is 0 Å². The Morgan fingerprint density at radius 1 is 1.39 bits per heavy atom. The Kier molecular flexibility index (Phi) is 4.78. The summed E-state index contributed by atoms with van der Waals surface area (Å²) in [5.41, 5.74) is 3.17. The second-order valence-electron chi connectivity index (χ2n) is 4.30. The third kappa shape index (κ3) is 3.56. The van der Waals surface area contributed by atoms with E-state index in [1.165, 1.54) is 0 Å². The monoisotopic (exact) mass is 281 g/mol. The highest BCUT2D eigenvalue weighted by atomic mass is 35.5. The molecule has 1 atom stereocenters. The zero-order valence-corrected chi connectivity index (χ0v) is 11.8. The summed E-state index contributed by atoms with van der Waals surface area (Å²) in [6.45, 7) is 3.21. The van der Waals surface area contributed by atoms with Gasteiger partial charge in [-0.2, -0.15) is 11.3 Å². The Morgan fingerprint density at radius 3 is 2.89 bits per heavy atom. The van der Waals surface area contributed by atoms with Crippen LogP contribution in [0.5, 0.6) is 0 Å². The number of aliphatic hydroxyl groups excluding tert-OH is 1. The van der Waals surface area contributed by atoms with Gasteiger partial charge in [0.15, 0.2) is 0 Å². The van der Waals surface area contributed by atoms with Gasteiger partial charge in [0.1, 0.15) is 0 Å². The van der Waals surface area contributed by atoms with Gasteiger partial charge in [-0.15, -0.1) is 0 Å². The first-order valence-corrected chi connectivity index (χ1v) is 7.15. The smallest absolute Gasteiger partial charge is 0.0922 e. The maximum Gasteiger partial charge on any atom is 0.0922 e. The van der Waals surface area contributed by atoms with E-state index in [1.54, 1.807) is 11.3 Å². The zero-order valence-electron chi connectivity index (χ0n) is 10.2. The molecule has 0 amide bonds. The minimum atomic E-state index is -0.458. The Morgan fingerprint density at radius 2 is 2.22 bits per heavy atom. The SMILES string of the molecule is Cc1ccc(CNCC(O)c2ccsc2)c(Cl)c1. The standard InChI is InChI=1S/C14H16ClNOS/c1-10-2-3-11(13(15)6-10)7-16-8-14(17)12-4-5-18-9-12/h2-6,9,14,16-17H,7-8H2,1H3. The quantitative estimate of drug-likeness (QED) is 0.879. The minimum absolute atomic E-state index is 0.458. The molecule has 2 aromatic rings. The van der Waals surface area contributed by atoms with Crippen LogP contribution in [0.1, 0.15) is 22.8 Å². The molecule has 0 fully saturated rings. The second kappa shape index (κ2) is 6.34. The summed E-state index contributed by atoms with van der Waals surface area (Å²) in [6.07, 6.45) is -0.458. The predicted octanol–water partition coefficient (Wildman–Crippen LogP) is 3.53. The van der Waals surface area contributed by atoms with Crippen LogP contribution in [-0.2, 0) is 6.54 Å². The summed E-state index contributed by atoms with van der Waals surface area (Å²) < 4.78 is 0. The topological polar surface area (TPSA) is 32.3 Å². The van der Waals surface area contributed by atoms with Gasteiger partial charge in [-0.1, -0.05) is 23.7 Å². The summed E-state index contributed by atoms with van der Waals surface area (Å²) in [6, 6.07) is 7.95. The highest BCUT2D eigenvalue weighted by Gasteiger charge is 2.07. The number of aliphatic hydroxyl groups is 1. The molecular formula is C14H16ClNOS. The molecule has 1 aromatic carbocycles. The maximum absolute atomic E-state index is 9.91. The molecule has 1 heterocycles. The van der Waals surface area contributed by atoms with Gasteiger partial charge in [-0.3, -0.25) is 0 Å². The van der Waals surface area contributed by atoms with Crippen molar-refractivity contribution in [1.29, 1.82) is 0 Å². The van der Waals surface area contributed by atoms with Crippen LogP contribution in [0.4, 0.5) is 0 Å². The summed E-state index contributed by atoms with van der Waals surface area (Å²) in [7, 11) is 0. The Bertz CT molecular complexity index is 499. The summed E-state index contributed by atoms with van der Waals surface area (Å²) in [5.74, 6) is 0. The molecule has 1 unspecified atom stereocenters. The van der Waals surface area contributed by atoms with Crippen molar-refractivity contribution in [3.05, 3.63) is 56.7 Å². The van der Waals surface area contributed by atoms with Gasteiger partial charge in [0.2, 0.25) is 0 Å². The van der Waals surface area contributed by atoms with Crippen molar-refractivity contribution in [3.8, 4) is 0 Å².